The second kappa shape index (κ2) is 7.62. The number of hydrogen-bond donors (Lipinski definition) is 2. The molecule has 0 aliphatic rings. The van der Waals surface area contributed by atoms with Gasteiger partial charge in [-0.1, -0.05) is 11.8 Å². The summed E-state index contributed by atoms with van der Waals surface area (Å²) in [6.07, 6.45) is 1.53. The van der Waals surface area contributed by atoms with Gasteiger partial charge in [-0.25, -0.2) is 0 Å². The summed E-state index contributed by atoms with van der Waals surface area (Å²) in [5.74, 6) is -3.21. The van der Waals surface area contributed by atoms with Gasteiger partial charge in [0.25, 0.3) is 0 Å². The quantitative estimate of drug-likeness (QED) is 0.639. The zero-order valence-electron chi connectivity index (χ0n) is 11.6. The molecule has 1 aromatic heterocycles. The molecule has 0 atom stereocenters. The molecule has 1 amide bonds. The van der Waals surface area contributed by atoms with Crippen molar-refractivity contribution in [3.05, 3.63) is 6.33 Å². The van der Waals surface area contributed by atoms with E-state index in [2.05, 4.69) is 10.2 Å². The van der Waals surface area contributed by atoms with Gasteiger partial charge in [0.2, 0.25) is 5.91 Å². The molecule has 2 N–H and O–H groups in total. The Kier molecular flexibility index (Phi) is 6.15. The SMILES string of the molecule is CC(C)n1cnnc1SCC(=O)N(CC(=O)O)CC(=O)O. The summed E-state index contributed by atoms with van der Waals surface area (Å²) < 4.78 is 1.76. The van der Waals surface area contributed by atoms with Gasteiger partial charge in [-0.15, -0.1) is 10.2 Å². The van der Waals surface area contributed by atoms with Crippen molar-refractivity contribution in [1.82, 2.24) is 19.7 Å². The fraction of sp³-hybridized carbons (Fsp3) is 0.545. The molecule has 0 aromatic carbocycles. The van der Waals surface area contributed by atoms with E-state index >= 15 is 0 Å². The minimum Gasteiger partial charge on any atom is -0.480 e. The van der Waals surface area contributed by atoms with Gasteiger partial charge in [0, 0.05) is 6.04 Å². The Balaban J connectivity index is 2.66. The van der Waals surface area contributed by atoms with E-state index < -0.39 is 30.9 Å². The lowest BCUT2D eigenvalue weighted by Crippen LogP contribution is -2.40. The maximum atomic E-state index is 11.9. The Morgan fingerprint density at radius 1 is 1.29 bits per heavy atom. The van der Waals surface area contributed by atoms with Crippen LogP contribution in [0, 0.1) is 0 Å². The topological polar surface area (TPSA) is 126 Å². The van der Waals surface area contributed by atoms with Gasteiger partial charge in [0.05, 0.1) is 5.75 Å². The number of carboxylic acid groups (broad SMARTS) is 2. The Morgan fingerprint density at radius 2 is 1.86 bits per heavy atom. The number of aromatic nitrogens is 3. The highest BCUT2D eigenvalue weighted by atomic mass is 32.2. The van der Waals surface area contributed by atoms with E-state index in [4.69, 9.17) is 10.2 Å². The minimum absolute atomic E-state index is 0.105. The fourth-order valence-electron chi connectivity index (χ4n) is 1.47. The van der Waals surface area contributed by atoms with Gasteiger partial charge >= 0.3 is 11.9 Å². The molecule has 0 aliphatic carbocycles. The molecule has 0 radical (unpaired) electrons. The van der Waals surface area contributed by atoms with Crippen LogP contribution in [0.3, 0.4) is 0 Å². The van der Waals surface area contributed by atoms with Gasteiger partial charge in [0.1, 0.15) is 19.4 Å². The number of hydrogen-bond acceptors (Lipinski definition) is 6. The highest BCUT2D eigenvalue weighted by Crippen LogP contribution is 2.19. The van der Waals surface area contributed by atoms with Crippen LogP contribution in [0.15, 0.2) is 11.5 Å². The van der Waals surface area contributed by atoms with Crippen molar-refractivity contribution in [2.75, 3.05) is 18.8 Å². The fourth-order valence-corrected chi connectivity index (χ4v) is 2.41. The molecule has 1 aromatic rings. The van der Waals surface area contributed by atoms with E-state index in [1.807, 2.05) is 13.8 Å². The van der Waals surface area contributed by atoms with E-state index in [1.165, 1.54) is 6.33 Å². The van der Waals surface area contributed by atoms with Crippen LogP contribution in [0.5, 0.6) is 0 Å². The van der Waals surface area contributed by atoms with Gasteiger partial charge in [-0.05, 0) is 13.8 Å². The lowest BCUT2D eigenvalue weighted by Gasteiger charge is -2.18. The number of nitrogens with zero attached hydrogens (tertiary/aromatic N) is 4. The van der Waals surface area contributed by atoms with E-state index in [0.29, 0.717) is 5.16 Å². The predicted molar refractivity (Wildman–Crippen MR) is 73.0 cm³/mol. The number of aliphatic carboxylic acids is 2. The van der Waals surface area contributed by atoms with Crippen LogP contribution >= 0.6 is 11.8 Å². The third-order valence-corrected chi connectivity index (χ3v) is 3.37. The van der Waals surface area contributed by atoms with Crippen molar-refractivity contribution in [1.29, 1.82) is 0 Å². The average molecular weight is 316 g/mol. The standard InChI is InChI=1S/C11H16N4O5S/c1-7(2)15-6-12-13-11(15)21-5-8(16)14(3-9(17)18)4-10(19)20/h6-7H,3-5H2,1-2H3,(H,17,18)(H,19,20). The smallest absolute Gasteiger partial charge is 0.323 e. The highest BCUT2D eigenvalue weighted by Gasteiger charge is 2.20. The Bertz CT molecular complexity index is 514. The van der Waals surface area contributed by atoms with Gasteiger partial charge in [-0.3, -0.25) is 14.4 Å². The van der Waals surface area contributed by atoms with E-state index in [1.54, 1.807) is 4.57 Å². The first kappa shape index (κ1) is 17.0. The molecule has 0 saturated carbocycles. The Morgan fingerprint density at radius 3 is 2.33 bits per heavy atom. The molecule has 0 saturated heterocycles. The predicted octanol–water partition coefficient (Wildman–Crippen LogP) is -0.0511. The molecule has 0 fully saturated rings. The van der Waals surface area contributed by atoms with Crippen LogP contribution in [-0.2, 0) is 14.4 Å². The maximum absolute atomic E-state index is 11.9. The van der Waals surface area contributed by atoms with Crippen LogP contribution in [0.4, 0.5) is 0 Å². The van der Waals surface area contributed by atoms with Crippen LogP contribution in [0.25, 0.3) is 0 Å². The molecule has 0 spiro atoms. The summed E-state index contributed by atoms with van der Waals surface area (Å²) in [7, 11) is 0. The van der Waals surface area contributed by atoms with Crippen LogP contribution in [0.2, 0.25) is 0 Å². The second-order valence-corrected chi connectivity index (χ2v) is 5.38. The highest BCUT2D eigenvalue weighted by molar-refractivity contribution is 7.99. The number of carbonyl (C=O) groups is 3. The number of rotatable bonds is 8. The second-order valence-electron chi connectivity index (χ2n) is 4.44. The molecule has 21 heavy (non-hydrogen) atoms. The largest absolute Gasteiger partial charge is 0.480 e. The van der Waals surface area contributed by atoms with Gasteiger partial charge in [0.15, 0.2) is 5.16 Å². The van der Waals surface area contributed by atoms with Crippen molar-refractivity contribution >= 4 is 29.6 Å². The zero-order chi connectivity index (χ0) is 16.0. The molecule has 10 heteroatoms. The van der Waals surface area contributed by atoms with Crippen molar-refractivity contribution < 1.29 is 24.6 Å². The summed E-state index contributed by atoms with van der Waals surface area (Å²) in [6, 6.07) is 0.117. The summed E-state index contributed by atoms with van der Waals surface area (Å²) in [5.41, 5.74) is 0. The number of thioether (sulfide) groups is 1. The third kappa shape index (κ3) is 5.42. The van der Waals surface area contributed by atoms with Crippen LogP contribution in [0.1, 0.15) is 19.9 Å². The molecule has 0 unspecified atom stereocenters. The van der Waals surface area contributed by atoms with Gasteiger partial charge < -0.3 is 19.7 Å². The summed E-state index contributed by atoms with van der Waals surface area (Å²) in [6.45, 7) is 2.55. The number of carboxylic acids is 2. The van der Waals surface area contributed by atoms with Crippen LogP contribution < -0.4 is 0 Å². The number of amides is 1. The Labute approximate surface area is 124 Å². The molecular weight excluding hydrogens is 300 g/mol. The van der Waals surface area contributed by atoms with E-state index in [9.17, 15) is 14.4 Å². The lowest BCUT2D eigenvalue weighted by atomic mass is 10.4. The first-order valence-electron chi connectivity index (χ1n) is 6.05. The number of carbonyl (C=O) groups excluding carboxylic acids is 1. The van der Waals surface area contributed by atoms with Crippen molar-refractivity contribution in [3.63, 3.8) is 0 Å². The van der Waals surface area contributed by atoms with Crippen molar-refractivity contribution in [2.24, 2.45) is 0 Å². The molecule has 0 aliphatic heterocycles. The summed E-state index contributed by atoms with van der Waals surface area (Å²) in [5, 5.41) is 25.5. The van der Waals surface area contributed by atoms with Crippen molar-refractivity contribution in [2.45, 2.75) is 25.0 Å². The summed E-state index contributed by atoms with van der Waals surface area (Å²) in [4.78, 5) is 34.0. The normalized spacial score (nSPS) is 10.6. The maximum Gasteiger partial charge on any atom is 0.323 e. The molecule has 116 valence electrons. The monoisotopic (exact) mass is 316 g/mol. The Hall–Kier alpha value is -2.10. The van der Waals surface area contributed by atoms with Crippen LogP contribution in [-0.4, -0.2) is 66.6 Å². The molecule has 1 heterocycles. The first-order chi connectivity index (χ1) is 9.81. The van der Waals surface area contributed by atoms with Gasteiger partial charge in [-0.2, -0.15) is 0 Å². The zero-order valence-corrected chi connectivity index (χ0v) is 12.4. The average Bonchev–Trinajstić information content (AvgIpc) is 2.82. The molecule has 1 rings (SSSR count). The molecule has 9 nitrogen and oxygen atoms in total. The van der Waals surface area contributed by atoms with E-state index in [0.717, 1.165) is 16.7 Å². The minimum atomic E-state index is -1.26. The van der Waals surface area contributed by atoms with Crippen molar-refractivity contribution in [3.8, 4) is 0 Å². The summed E-state index contributed by atoms with van der Waals surface area (Å²) >= 11 is 1.08. The van der Waals surface area contributed by atoms with E-state index in [-0.39, 0.29) is 11.8 Å². The third-order valence-electron chi connectivity index (χ3n) is 2.43. The molecular formula is C11H16N4O5S. The first-order valence-corrected chi connectivity index (χ1v) is 7.03. The lowest BCUT2D eigenvalue weighted by molar-refractivity contribution is -0.148. The molecule has 0 bridgehead atoms.